The fourth-order valence-electron chi connectivity index (χ4n) is 1.88. The zero-order chi connectivity index (χ0) is 15.5. The van der Waals surface area contributed by atoms with Crippen molar-refractivity contribution in [3.05, 3.63) is 65.2 Å². The maximum absolute atomic E-state index is 13.6. The van der Waals surface area contributed by atoms with Gasteiger partial charge in [0.2, 0.25) is 10.0 Å². The van der Waals surface area contributed by atoms with E-state index in [4.69, 9.17) is 5.73 Å². The highest BCUT2D eigenvalue weighted by Gasteiger charge is 2.20. The molecule has 0 aliphatic rings. The van der Waals surface area contributed by atoms with Crippen molar-refractivity contribution in [2.75, 3.05) is 0 Å². The second kappa shape index (κ2) is 6.30. The number of hydrogen-bond donors (Lipinski definition) is 2. The van der Waals surface area contributed by atoms with Crippen LogP contribution < -0.4 is 10.5 Å². The molecule has 0 aliphatic carbocycles. The third kappa shape index (κ3) is 3.44. The van der Waals surface area contributed by atoms with E-state index >= 15 is 0 Å². The van der Waals surface area contributed by atoms with E-state index in [1.54, 1.807) is 6.07 Å². The fourth-order valence-corrected chi connectivity index (χ4v) is 3.14. The van der Waals surface area contributed by atoms with E-state index in [-0.39, 0.29) is 29.1 Å². The first-order chi connectivity index (χ1) is 9.95. The van der Waals surface area contributed by atoms with Crippen molar-refractivity contribution in [3.63, 3.8) is 0 Å². The van der Waals surface area contributed by atoms with Gasteiger partial charge in [-0.2, -0.15) is 0 Å². The molecule has 0 radical (unpaired) electrons. The Bertz CT molecular complexity index is 748. The van der Waals surface area contributed by atoms with Crippen LogP contribution in [0.3, 0.4) is 0 Å². The molecule has 0 fully saturated rings. The van der Waals surface area contributed by atoms with Crippen molar-refractivity contribution in [2.24, 2.45) is 5.73 Å². The molecule has 0 unspecified atom stereocenters. The predicted molar refractivity (Wildman–Crippen MR) is 74.7 cm³/mol. The maximum Gasteiger partial charge on any atom is 0.241 e. The average Bonchev–Trinajstić information content (AvgIpc) is 2.46. The quantitative estimate of drug-likeness (QED) is 0.886. The Morgan fingerprint density at radius 3 is 2.33 bits per heavy atom. The van der Waals surface area contributed by atoms with Crippen LogP contribution in [0.15, 0.2) is 47.4 Å². The van der Waals surface area contributed by atoms with Crippen LogP contribution >= 0.6 is 0 Å². The van der Waals surface area contributed by atoms with Crippen LogP contribution in [0.2, 0.25) is 0 Å². The lowest BCUT2D eigenvalue weighted by molar-refractivity contribution is 0.566. The van der Waals surface area contributed by atoms with Gasteiger partial charge < -0.3 is 5.73 Å². The molecule has 0 bridgehead atoms. The minimum atomic E-state index is -3.98. The number of hydrogen-bond acceptors (Lipinski definition) is 3. The Morgan fingerprint density at radius 2 is 1.67 bits per heavy atom. The van der Waals surface area contributed by atoms with Gasteiger partial charge in [-0.15, -0.1) is 0 Å². The molecule has 112 valence electrons. The first kappa shape index (κ1) is 15.6. The number of halogens is 2. The van der Waals surface area contributed by atoms with Crippen LogP contribution in [0.4, 0.5) is 8.78 Å². The molecule has 2 rings (SSSR count). The molecule has 0 saturated heterocycles. The minimum Gasteiger partial charge on any atom is -0.326 e. The fraction of sp³-hybridized carbons (Fsp3) is 0.143. The standard InChI is InChI=1S/C14H14F2N2O2S/c15-12-5-2-1-4-10(12)9-18-21(19,20)14-7-3-6-13(16)11(14)8-17/h1-7,18H,8-9,17H2. The van der Waals surface area contributed by atoms with E-state index < -0.39 is 21.7 Å². The van der Waals surface area contributed by atoms with Crippen molar-refractivity contribution in [1.29, 1.82) is 0 Å². The second-order valence-electron chi connectivity index (χ2n) is 4.34. The maximum atomic E-state index is 13.6. The molecule has 2 aromatic carbocycles. The highest BCUT2D eigenvalue weighted by molar-refractivity contribution is 7.89. The van der Waals surface area contributed by atoms with E-state index in [2.05, 4.69) is 4.72 Å². The van der Waals surface area contributed by atoms with Crippen LogP contribution in [-0.2, 0) is 23.1 Å². The largest absolute Gasteiger partial charge is 0.326 e. The van der Waals surface area contributed by atoms with E-state index in [9.17, 15) is 17.2 Å². The van der Waals surface area contributed by atoms with Gasteiger partial charge in [0.05, 0.1) is 4.90 Å². The molecule has 0 aliphatic heterocycles. The molecule has 0 aromatic heterocycles. The Balaban J connectivity index is 2.28. The Hall–Kier alpha value is -1.83. The lowest BCUT2D eigenvalue weighted by Crippen LogP contribution is -2.25. The van der Waals surface area contributed by atoms with Gasteiger partial charge in [0, 0.05) is 24.2 Å². The molecule has 0 heterocycles. The van der Waals surface area contributed by atoms with E-state index in [0.29, 0.717) is 0 Å². The van der Waals surface area contributed by atoms with Gasteiger partial charge in [-0.05, 0) is 18.2 Å². The summed E-state index contributed by atoms with van der Waals surface area (Å²) in [5.74, 6) is -1.20. The predicted octanol–water partition coefficient (Wildman–Crippen LogP) is 1.90. The van der Waals surface area contributed by atoms with Crippen molar-refractivity contribution < 1.29 is 17.2 Å². The zero-order valence-electron chi connectivity index (χ0n) is 11.0. The Morgan fingerprint density at radius 1 is 1.00 bits per heavy atom. The molecule has 3 N–H and O–H groups in total. The molecule has 0 spiro atoms. The molecular weight excluding hydrogens is 298 g/mol. The van der Waals surface area contributed by atoms with Gasteiger partial charge in [0.15, 0.2) is 0 Å². The molecule has 4 nitrogen and oxygen atoms in total. The molecule has 0 atom stereocenters. The summed E-state index contributed by atoms with van der Waals surface area (Å²) >= 11 is 0. The summed E-state index contributed by atoms with van der Waals surface area (Å²) in [6.45, 7) is -0.474. The lowest BCUT2D eigenvalue weighted by atomic mass is 10.2. The normalized spacial score (nSPS) is 11.6. The third-order valence-corrected chi connectivity index (χ3v) is 4.47. The lowest BCUT2D eigenvalue weighted by Gasteiger charge is -2.11. The average molecular weight is 312 g/mol. The van der Waals surface area contributed by atoms with Gasteiger partial charge in [0.25, 0.3) is 0 Å². The summed E-state index contributed by atoms with van der Waals surface area (Å²) in [5, 5.41) is 0. The summed E-state index contributed by atoms with van der Waals surface area (Å²) < 4.78 is 53.7. The molecule has 21 heavy (non-hydrogen) atoms. The smallest absolute Gasteiger partial charge is 0.241 e. The number of nitrogens with two attached hydrogens (primary N) is 1. The second-order valence-corrected chi connectivity index (χ2v) is 6.07. The van der Waals surface area contributed by atoms with Crippen molar-refractivity contribution in [2.45, 2.75) is 18.0 Å². The Kier molecular flexibility index (Phi) is 4.66. The molecular formula is C14H14F2N2O2S. The summed E-state index contributed by atoms with van der Waals surface area (Å²) in [6.07, 6.45) is 0. The zero-order valence-corrected chi connectivity index (χ0v) is 11.8. The van der Waals surface area contributed by atoms with Crippen LogP contribution in [-0.4, -0.2) is 8.42 Å². The molecule has 7 heteroatoms. The van der Waals surface area contributed by atoms with Gasteiger partial charge in [-0.1, -0.05) is 24.3 Å². The highest BCUT2D eigenvalue weighted by atomic mass is 32.2. The topological polar surface area (TPSA) is 72.2 Å². The number of nitrogens with one attached hydrogen (secondary N) is 1. The van der Waals surface area contributed by atoms with Gasteiger partial charge in [-0.3, -0.25) is 0 Å². The SMILES string of the molecule is NCc1c(F)cccc1S(=O)(=O)NCc1ccccc1F. The number of benzene rings is 2. The summed E-state index contributed by atoms with van der Waals surface area (Å²) in [5.41, 5.74) is 5.49. The van der Waals surface area contributed by atoms with E-state index in [1.165, 1.54) is 30.3 Å². The third-order valence-electron chi connectivity index (χ3n) is 2.98. The van der Waals surface area contributed by atoms with Gasteiger partial charge in [-0.25, -0.2) is 21.9 Å². The van der Waals surface area contributed by atoms with Crippen LogP contribution in [0.25, 0.3) is 0 Å². The van der Waals surface area contributed by atoms with Crippen LogP contribution in [0, 0.1) is 11.6 Å². The summed E-state index contributed by atoms with van der Waals surface area (Å²) in [4.78, 5) is -0.235. The van der Waals surface area contributed by atoms with Gasteiger partial charge in [0.1, 0.15) is 11.6 Å². The highest BCUT2D eigenvalue weighted by Crippen LogP contribution is 2.19. The van der Waals surface area contributed by atoms with Crippen LogP contribution in [0.1, 0.15) is 11.1 Å². The van der Waals surface area contributed by atoms with Crippen molar-refractivity contribution in [1.82, 2.24) is 4.72 Å². The summed E-state index contributed by atoms with van der Waals surface area (Å²) in [6, 6.07) is 9.48. The molecule has 2 aromatic rings. The van der Waals surface area contributed by atoms with E-state index in [0.717, 1.165) is 6.07 Å². The van der Waals surface area contributed by atoms with Crippen LogP contribution in [0.5, 0.6) is 0 Å². The monoisotopic (exact) mass is 312 g/mol. The summed E-state index contributed by atoms with van der Waals surface area (Å²) in [7, 11) is -3.98. The van der Waals surface area contributed by atoms with Crippen molar-refractivity contribution in [3.8, 4) is 0 Å². The van der Waals surface area contributed by atoms with Gasteiger partial charge >= 0.3 is 0 Å². The minimum absolute atomic E-state index is 0.0986. The first-order valence-electron chi connectivity index (χ1n) is 6.16. The number of rotatable bonds is 5. The van der Waals surface area contributed by atoms with Crippen molar-refractivity contribution >= 4 is 10.0 Å². The molecule has 0 amide bonds. The first-order valence-corrected chi connectivity index (χ1v) is 7.64. The Labute approximate surface area is 121 Å². The molecule has 0 saturated carbocycles. The van der Waals surface area contributed by atoms with E-state index in [1.807, 2.05) is 0 Å². The number of sulfonamides is 1.